The fourth-order valence-corrected chi connectivity index (χ4v) is 4.50. The summed E-state index contributed by atoms with van der Waals surface area (Å²) < 4.78 is 5.70. The summed E-state index contributed by atoms with van der Waals surface area (Å²) in [5, 5.41) is 9.46. The Labute approximate surface area is 261 Å². The van der Waals surface area contributed by atoms with Crippen LogP contribution >= 0.6 is 0 Å². The second-order valence-corrected chi connectivity index (χ2v) is 12.2. The largest absolute Gasteiger partial charge is 0.444 e. The summed E-state index contributed by atoms with van der Waals surface area (Å²) in [5.41, 5.74) is 4.70. The number of nitrogens with zero attached hydrogens (tertiary/aromatic N) is 3. The highest BCUT2D eigenvalue weighted by Gasteiger charge is 2.27. The molecule has 0 fully saturated rings. The van der Waals surface area contributed by atoms with E-state index in [2.05, 4.69) is 51.2 Å². The average Bonchev–Trinajstić information content (AvgIpc) is 2.92. The van der Waals surface area contributed by atoms with Crippen LogP contribution in [0.25, 0.3) is 0 Å². The van der Waals surface area contributed by atoms with E-state index in [1.165, 1.54) is 0 Å². The highest BCUT2D eigenvalue weighted by Crippen LogP contribution is 2.31. The van der Waals surface area contributed by atoms with Crippen molar-refractivity contribution in [2.45, 2.75) is 86.8 Å². The lowest BCUT2D eigenvalue weighted by Crippen LogP contribution is -2.44. The molecule has 0 aromatic rings. The molecule has 0 heterocycles. The van der Waals surface area contributed by atoms with E-state index >= 15 is 0 Å². The van der Waals surface area contributed by atoms with Crippen molar-refractivity contribution in [3.8, 4) is 6.07 Å². The van der Waals surface area contributed by atoms with Crippen LogP contribution in [0.4, 0.5) is 4.79 Å². The molecule has 0 saturated carbocycles. The zero-order valence-electron chi connectivity index (χ0n) is 28.2. The minimum atomic E-state index is -0.592. The first-order chi connectivity index (χ1) is 20.0. The van der Waals surface area contributed by atoms with Gasteiger partial charge in [-0.1, -0.05) is 70.9 Å². The predicted octanol–water partition coefficient (Wildman–Crippen LogP) is 9.08. The molecule has 0 spiro atoms. The average molecular weight is 588 g/mol. The first-order valence-corrected chi connectivity index (χ1v) is 14.7. The summed E-state index contributed by atoms with van der Waals surface area (Å²) in [7, 11) is 1.68. The van der Waals surface area contributed by atoms with Crippen LogP contribution in [0, 0.1) is 23.2 Å². The summed E-state index contributed by atoms with van der Waals surface area (Å²) in [6, 6.07) is 2.03. The fraction of sp³-hybridized carbons (Fsp3) is 0.459. The lowest BCUT2D eigenvalue weighted by molar-refractivity contribution is -0.104. The van der Waals surface area contributed by atoms with Gasteiger partial charge in [0.15, 0.2) is 0 Å². The third-order valence-corrected chi connectivity index (χ3v) is 6.67. The zero-order valence-corrected chi connectivity index (χ0v) is 28.2. The molecule has 0 aliphatic rings. The Morgan fingerprint density at radius 1 is 1.09 bits per heavy atom. The smallest absolute Gasteiger partial charge is 0.410 e. The molecular weight excluding hydrogens is 534 g/mol. The SMILES string of the molecule is C=C/C=C(C#N)\C=C(/C=C)C(C)\C=C(C=O)/C(C(/C)=N\C)=C(/C(=C)C)C(=C)CC[C@@H](C)N(CC(C)C)C(=O)OC(C)(C)C. The third-order valence-electron chi connectivity index (χ3n) is 6.67. The van der Waals surface area contributed by atoms with Gasteiger partial charge in [-0.2, -0.15) is 5.26 Å². The van der Waals surface area contributed by atoms with Crippen LogP contribution in [0.3, 0.4) is 0 Å². The molecule has 0 aromatic heterocycles. The summed E-state index contributed by atoms with van der Waals surface area (Å²) in [6.07, 6.45) is 10.1. The first kappa shape index (κ1) is 39.0. The maximum Gasteiger partial charge on any atom is 0.410 e. The van der Waals surface area contributed by atoms with Gasteiger partial charge in [-0.25, -0.2) is 4.79 Å². The Balaban J connectivity index is 6.72. The normalized spacial score (nSPS) is 15.1. The first-order valence-electron chi connectivity index (χ1n) is 14.7. The summed E-state index contributed by atoms with van der Waals surface area (Å²) in [4.78, 5) is 31.9. The van der Waals surface area contributed by atoms with E-state index in [4.69, 9.17) is 4.74 Å². The van der Waals surface area contributed by atoms with E-state index in [-0.39, 0.29) is 24.0 Å². The van der Waals surface area contributed by atoms with E-state index in [9.17, 15) is 14.9 Å². The van der Waals surface area contributed by atoms with Gasteiger partial charge in [0.05, 0.1) is 11.6 Å². The lowest BCUT2D eigenvalue weighted by Gasteiger charge is -2.33. The molecule has 0 saturated heterocycles. The predicted molar refractivity (Wildman–Crippen MR) is 182 cm³/mol. The van der Waals surface area contributed by atoms with Crippen LogP contribution in [-0.4, -0.2) is 48.2 Å². The topological polar surface area (TPSA) is 82.8 Å². The van der Waals surface area contributed by atoms with E-state index in [1.807, 2.05) is 54.5 Å². The molecule has 0 N–H and O–H groups in total. The van der Waals surface area contributed by atoms with Crippen molar-refractivity contribution < 1.29 is 14.3 Å². The Kier molecular flexibility index (Phi) is 16.8. The number of ether oxygens (including phenoxy) is 1. The number of allylic oxidation sites excluding steroid dienone is 12. The van der Waals surface area contributed by atoms with Gasteiger partial charge in [0.1, 0.15) is 11.9 Å². The number of hydrogen-bond donors (Lipinski definition) is 0. The second kappa shape index (κ2) is 18.5. The van der Waals surface area contributed by atoms with Crippen molar-refractivity contribution in [2.24, 2.45) is 16.8 Å². The Hall–Kier alpha value is -3.98. The number of aldehydes is 1. The molecule has 1 amide bonds. The van der Waals surface area contributed by atoms with Crippen molar-refractivity contribution in [3.05, 3.63) is 95.7 Å². The Bertz CT molecular complexity index is 1260. The third kappa shape index (κ3) is 13.2. The van der Waals surface area contributed by atoms with Gasteiger partial charge >= 0.3 is 6.09 Å². The van der Waals surface area contributed by atoms with Gasteiger partial charge in [-0.15, -0.1) is 0 Å². The number of aliphatic imine (C=N–C) groups is 1. The second-order valence-electron chi connectivity index (χ2n) is 12.2. The van der Waals surface area contributed by atoms with Crippen molar-refractivity contribution in [3.63, 3.8) is 0 Å². The van der Waals surface area contributed by atoms with Gasteiger partial charge in [0.2, 0.25) is 0 Å². The van der Waals surface area contributed by atoms with Crippen LogP contribution in [0.5, 0.6) is 0 Å². The Morgan fingerprint density at radius 2 is 1.70 bits per heavy atom. The van der Waals surface area contributed by atoms with E-state index in [1.54, 1.807) is 36.3 Å². The fourth-order valence-electron chi connectivity index (χ4n) is 4.50. The van der Waals surface area contributed by atoms with Crippen molar-refractivity contribution in [1.29, 1.82) is 5.26 Å². The van der Waals surface area contributed by atoms with Crippen LogP contribution in [0.2, 0.25) is 0 Å². The van der Waals surface area contributed by atoms with E-state index < -0.39 is 5.60 Å². The highest BCUT2D eigenvalue weighted by molar-refractivity contribution is 6.09. The minimum Gasteiger partial charge on any atom is -0.444 e. The number of amides is 1. The molecule has 0 aromatic carbocycles. The molecule has 2 atom stereocenters. The molecule has 0 aliphatic heterocycles. The molecule has 0 radical (unpaired) electrons. The van der Waals surface area contributed by atoms with E-state index in [0.29, 0.717) is 41.8 Å². The van der Waals surface area contributed by atoms with Crippen LogP contribution in [0.15, 0.2) is 101 Å². The molecule has 43 heavy (non-hydrogen) atoms. The molecule has 234 valence electrons. The van der Waals surface area contributed by atoms with Crippen LogP contribution in [0.1, 0.15) is 75.2 Å². The molecular formula is C37H53N3O3. The van der Waals surface area contributed by atoms with Gasteiger partial charge in [0.25, 0.3) is 0 Å². The standard InChI is InChI=1S/C37H53N3O3/c1-15-17-31(22-38)21-32(16-2)28(8)20-33(24-41)35(30(10)39-14)34(26(5)6)27(7)18-19-29(9)40(23-25(3)4)36(42)43-37(11,12)13/h15-17,20-21,24-25,28-29H,1-2,5,7,18-19,23H2,3-4,6,8-14H3/b31-17+,32-21+,33-20-,35-34-,39-30-/t28?,29-/m1/s1. The van der Waals surface area contributed by atoms with Crippen molar-refractivity contribution in [2.75, 3.05) is 13.6 Å². The van der Waals surface area contributed by atoms with Gasteiger partial charge < -0.3 is 9.64 Å². The molecule has 0 rings (SSSR count). The van der Waals surface area contributed by atoms with Crippen LogP contribution in [-0.2, 0) is 9.53 Å². The van der Waals surface area contributed by atoms with Crippen LogP contribution < -0.4 is 0 Å². The maximum atomic E-state index is 13.1. The lowest BCUT2D eigenvalue weighted by atomic mass is 9.84. The Morgan fingerprint density at radius 3 is 2.12 bits per heavy atom. The number of carbonyl (C=O) groups excluding carboxylic acids is 2. The minimum absolute atomic E-state index is 0.107. The highest BCUT2D eigenvalue weighted by atomic mass is 16.6. The number of rotatable bonds is 16. The molecule has 1 unspecified atom stereocenters. The monoisotopic (exact) mass is 587 g/mol. The summed E-state index contributed by atoms with van der Waals surface area (Å²) in [5.74, 6) is 0.0318. The number of carbonyl (C=O) groups is 2. The van der Waals surface area contributed by atoms with E-state index in [0.717, 1.165) is 28.6 Å². The molecule has 6 nitrogen and oxygen atoms in total. The van der Waals surface area contributed by atoms with Gasteiger partial charge in [0, 0.05) is 42.4 Å². The number of nitriles is 1. The summed E-state index contributed by atoms with van der Waals surface area (Å²) in [6.45, 7) is 34.2. The molecule has 0 aliphatic carbocycles. The summed E-state index contributed by atoms with van der Waals surface area (Å²) >= 11 is 0. The quantitative estimate of drug-likeness (QED) is 0.0593. The van der Waals surface area contributed by atoms with Gasteiger partial charge in [-0.3, -0.25) is 9.79 Å². The van der Waals surface area contributed by atoms with Crippen molar-refractivity contribution in [1.82, 2.24) is 4.90 Å². The van der Waals surface area contributed by atoms with Gasteiger partial charge in [-0.05, 0) is 89.2 Å². The van der Waals surface area contributed by atoms with Crippen molar-refractivity contribution >= 4 is 18.1 Å². The number of hydrogen-bond acceptors (Lipinski definition) is 5. The molecule has 6 heteroatoms. The zero-order chi connectivity index (χ0) is 33.5. The maximum absolute atomic E-state index is 13.1. The molecule has 0 bridgehead atoms.